The van der Waals surface area contributed by atoms with Gasteiger partial charge in [-0.25, -0.2) is 4.98 Å². The monoisotopic (exact) mass is 293 g/mol. The highest BCUT2D eigenvalue weighted by Gasteiger charge is 2.32. The van der Waals surface area contributed by atoms with Crippen LogP contribution >= 0.6 is 11.8 Å². The molecule has 1 aromatic heterocycles. The number of likely N-dealkylation sites (N-methyl/N-ethyl adjacent to an activating group) is 1. The molecular formula is C11H14F3N3OS. The second kappa shape index (κ2) is 7.34. The van der Waals surface area contributed by atoms with Crippen LogP contribution in [-0.4, -0.2) is 36.0 Å². The van der Waals surface area contributed by atoms with Crippen molar-refractivity contribution < 1.29 is 18.0 Å². The lowest BCUT2D eigenvalue weighted by Crippen LogP contribution is -2.32. The van der Waals surface area contributed by atoms with Crippen molar-refractivity contribution in [1.29, 1.82) is 0 Å². The second-order valence-corrected chi connectivity index (χ2v) is 4.57. The topological polar surface area (TPSA) is 54.0 Å². The Labute approximate surface area is 113 Å². The Morgan fingerprint density at radius 2 is 2.16 bits per heavy atom. The van der Waals surface area contributed by atoms with Gasteiger partial charge in [-0.2, -0.15) is 13.2 Å². The van der Waals surface area contributed by atoms with Crippen molar-refractivity contribution in [2.24, 2.45) is 0 Å². The molecule has 0 saturated heterocycles. The van der Waals surface area contributed by atoms with E-state index in [2.05, 4.69) is 15.6 Å². The molecule has 0 fully saturated rings. The van der Waals surface area contributed by atoms with Gasteiger partial charge in [-0.3, -0.25) is 4.79 Å². The number of carbonyl (C=O) groups excluding carboxylic acids is 1. The number of nitrogens with zero attached hydrogens (tertiary/aromatic N) is 1. The van der Waals surface area contributed by atoms with Gasteiger partial charge in [0.25, 0.3) is 5.91 Å². The van der Waals surface area contributed by atoms with E-state index < -0.39 is 11.4 Å². The van der Waals surface area contributed by atoms with Gasteiger partial charge in [-0.1, -0.05) is 6.92 Å². The van der Waals surface area contributed by atoms with Crippen molar-refractivity contribution in [3.8, 4) is 0 Å². The summed E-state index contributed by atoms with van der Waals surface area (Å²) in [5, 5.41) is 5.19. The van der Waals surface area contributed by atoms with Crippen molar-refractivity contribution >= 4 is 17.7 Å². The van der Waals surface area contributed by atoms with Gasteiger partial charge in [-0.15, -0.1) is 0 Å². The van der Waals surface area contributed by atoms with E-state index in [0.29, 0.717) is 13.1 Å². The number of carbonyl (C=O) groups is 1. The van der Waals surface area contributed by atoms with Crippen molar-refractivity contribution in [2.75, 3.05) is 19.6 Å². The maximum absolute atomic E-state index is 12.3. The van der Waals surface area contributed by atoms with E-state index in [4.69, 9.17) is 0 Å². The predicted octanol–water partition coefficient (Wildman–Crippen LogP) is 2.03. The average Bonchev–Trinajstić information content (AvgIpc) is 2.33. The van der Waals surface area contributed by atoms with E-state index in [-0.39, 0.29) is 22.4 Å². The third kappa shape index (κ3) is 5.93. The number of pyridine rings is 1. The third-order valence-electron chi connectivity index (χ3n) is 2.07. The van der Waals surface area contributed by atoms with Crippen molar-refractivity contribution in [3.05, 3.63) is 23.9 Å². The number of alkyl halides is 3. The van der Waals surface area contributed by atoms with Crippen LogP contribution in [0.2, 0.25) is 0 Å². The number of thioether (sulfide) groups is 1. The first-order valence-corrected chi connectivity index (χ1v) is 6.45. The molecule has 0 unspecified atom stereocenters. The minimum atomic E-state index is -4.47. The van der Waals surface area contributed by atoms with Crippen molar-refractivity contribution in [2.45, 2.75) is 17.5 Å². The zero-order valence-electron chi connectivity index (χ0n) is 10.3. The molecule has 19 heavy (non-hydrogen) atoms. The molecule has 0 atom stereocenters. The summed E-state index contributed by atoms with van der Waals surface area (Å²) in [7, 11) is 0. The summed E-state index contributed by atoms with van der Waals surface area (Å²) in [5.41, 5.74) is -4.53. The smallest absolute Gasteiger partial charge is 0.351 e. The summed E-state index contributed by atoms with van der Waals surface area (Å²) in [6, 6.07) is 2.75. The molecule has 2 N–H and O–H groups in total. The van der Waals surface area contributed by atoms with Gasteiger partial charge >= 0.3 is 5.51 Å². The van der Waals surface area contributed by atoms with E-state index in [0.717, 1.165) is 6.54 Å². The van der Waals surface area contributed by atoms with Crippen molar-refractivity contribution in [1.82, 2.24) is 15.6 Å². The Hall–Kier alpha value is -1.28. The molecule has 106 valence electrons. The number of aromatic nitrogens is 1. The molecule has 0 spiro atoms. The molecule has 0 aliphatic heterocycles. The van der Waals surface area contributed by atoms with E-state index >= 15 is 0 Å². The van der Waals surface area contributed by atoms with Gasteiger partial charge in [0, 0.05) is 31.0 Å². The van der Waals surface area contributed by atoms with Gasteiger partial charge in [0.2, 0.25) is 0 Å². The lowest BCUT2D eigenvalue weighted by molar-refractivity contribution is -0.0329. The molecular weight excluding hydrogens is 279 g/mol. The normalized spacial score (nSPS) is 11.4. The fourth-order valence-corrected chi connectivity index (χ4v) is 1.89. The molecule has 0 aromatic carbocycles. The fraction of sp³-hybridized carbons (Fsp3) is 0.455. The number of halogens is 3. The van der Waals surface area contributed by atoms with Crippen LogP contribution in [0.5, 0.6) is 0 Å². The summed E-state index contributed by atoms with van der Waals surface area (Å²) in [6.45, 7) is 3.58. The number of rotatable bonds is 6. The average molecular weight is 293 g/mol. The molecule has 0 bridgehead atoms. The Kier molecular flexibility index (Phi) is 6.10. The lowest BCUT2D eigenvalue weighted by Gasteiger charge is -2.10. The minimum Gasteiger partial charge on any atom is -0.351 e. The molecule has 0 aliphatic carbocycles. The summed E-state index contributed by atoms with van der Waals surface area (Å²) >= 11 is -0.388. The summed E-state index contributed by atoms with van der Waals surface area (Å²) in [4.78, 5) is 15.4. The SMILES string of the molecule is CCNCCNC(=O)c1cccnc1SC(F)(F)F. The molecule has 0 saturated carbocycles. The predicted molar refractivity (Wildman–Crippen MR) is 67.0 cm³/mol. The number of hydrogen-bond donors (Lipinski definition) is 2. The van der Waals surface area contributed by atoms with Gasteiger partial charge in [0.05, 0.1) is 5.56 Å². The molecule has 1 amide bonds. The van der Waals surface area contributed by atoms with Crippen molar-refractivity contribution in [3.63, 3.8) is 0 Å². The highest BCUT2D eigenvalue weighted by Crippen LogP contribution is 2.37. The number of hydrogen-bond acceptors (Lipinski definition) is 4. The van der Waals surface area contributed by atoms with Gasteiger partial charge in [0.1, 0.15) is 5.03 Å². The van der Waals surface area contributed by atoms with E-state index in [1.165, 1.54) is 18.3 Å². The lowest BCUT2D eigenvalue weighted by atomic mass is 10.2. The van der Waals surface area contributed by atoms with Gasteiger partial charge in [-0.05, 0) is 18.7 Å². The quantitative estimate of drug-likeness (QED) is 0.622. The van der Waals surface area contributed by atoms with Gasteiger partial charge in [0.15, 0.2) is 0 Å². The third-order valence-corrected chi connectivity index (χ3v) is 2.82. The fourth-order valence-electron chi connectivity index (χ4n) is 1.29. The zero-order chi connectivity index (χ0) is 14.3. The molecule has 1 rings (SSSR count). The van der Waals surface area contributed by atoms with Crippen LogP contribution in [0.25, 0.3) is 0 Å². The van der Waals surface area contributed by atoms with Gasteiger partial charge < -0.3 is 10.6 Å². The summed E-state index contributed by atoms with van der Waals surface area (Å²) < 4.78 is 37.0. The van der Waals surface area contributed by atoms with Crippen LogP contribution in [0.3, 0.4) is 0 Å². The maximum Gasteiger partial charge on any atom is 0.447 e. The first-order chi connectivity index (χ1) is 8.94. The summed E-state index contributed by atoms with van der Waals surface area (Å²) in [5.74, 6) is -0.558. The van der Waals surface area contributed by atoms with Crippen LogP contribution < -0.4 is 10.6 Å². The number of nitrogens with one attached hydrogen (secondary N) is 2. The Bertz CT molecular complexity index is 426. The second-order valence-electron chi connectivity index (χ2n) is 3.51. The zero-order valence-corrected chi connectivity index (χ0v) is 11.1. The molecule has 0 aliphatic rings. The van der Waals surface area contributed by atoms with Crippen LogP contribution in [0.15, 0.2) is 23.4 Å². The Balaban J connectivity index is 2.68. The highest BCUT2D eigenvalue weighted by atomic mass is 32.2. The standard InChI is InChI=1S/C11H14F3N3OS/c1-2-15-6-7-16-9(18)8-4-3-5-17-10(8)19-11(12,13)14/h3-5,15H,2,6-7H2,1H3,(H,16,18). The first-order valence-electron chi connectivity index (χ1n) is 5.63. The van der Waals surface area contributed by atoms with E-state index in [1.807, 2.05) is 6.92 Å². The largest absolute Gasteiger partial charge is 0.447 e. The number of amides is 1. The van der Waals surface area contributed by atoms with E-state index in [1.54, 1.807) is 0 Å². The van der Waals surface area contributed by atoms with E-state index in [9.17, 15) is 18.0 Å². The van der Waals surface area contributed by atoms with Crippen LogP contribution in [0.4, 0.5) is 13.2 Å². The Morgan fingerprint density at radius 3 is 2.79 bits per heavy atom. The molecule has 1 aromatic rings. The van der Waals surface area contributed by atoms with Crippen LogP contribution in [0, 0.1) is 0 Å². The Morgan fingerprint density at radius 1 is 1.42 bits per heavy atom. The minimum absolute atomic E-state index is 0.0682. The maximum atomic E-state index is 12.3. The highest BCUT2D eigenvalue weighted by molar-refractivity contribution is 8.00. The van der Waals surface area contributed by atoms with Crippen LogP contribution in [0.1, 0.15) is 17.3 Å². The molecule has 4 nitrogen and oxygen atoms in total. The van der Waals surface area contributed by atoms with Crippen LogP contribution in [-0.2, 0) is 0 Å². The first kappa shape index (κ1) is 15.8. The molecule has 8 heteroatoms. The summed E-state index contributed by atoms with van der Waals surface area (Å²) in [6.07, 6.45) is 1.23. The molecule has 0 radical (unpaired) electrons. The molecule has 1 heterocycles.